The van der Waals surface area contributed by atoms with E-state index >= 15 is 0 Å². The van der Waals surface area contributed by atoms with Crippen molar-refractivity contribution in [3.8, 4) is 11.8 Å². The number of nitrogens with zero attached hydrogens (tertiary/aromatic N) is 3. The number of benzene rings is 2. The van der Waals surface area contributed by atoms with Gasteiger partial charge >= 0.3 is 6.01 Å². The third kappa shape index (κ3) is 4.65. The Balaban J connectivity index is 1.87. The van der Waals surface area contributed by atoms with Crippen molar-refractivity contribution in [3.05, 3.63) is 64.1 Å². The first kappa shape index (κ1) is 22.2. The molecule has 0 aliphatic carbocycles. The second-order valence-electron chi connectivity index (χ2n) is 6.18. The summed E-state index contributed by atoms with van der Waals surface area (Å²) in [7, 11) is -4.37. The van der Waals surface area contributed by atoms with Crippen molar-refractivity contribution in [1.29, 1.82) is 0 Å². The summed E-state index contributed by atoms with van der Waals surface area (Å²) in [5.41, 5.74) is 0. The lowest BCUT2D eigenvalue weighted by molar-refractivity contribution is 0.407. The van der Waals surface area contributed by atoms with Crippen molar-refractivity contribution >= 4 is 26.0 Å². The molecule has 2 aromatic carbocycles. The van der Waals surface area contributed by atoms with E-state index in [0.717, 1.165) is 6.07 Å². The maximum absolute atomic E-state index is 14.1. The van der Waals surface area contributed by atoms with Crippen molar-refractivity contribution < 1.29 is 26.3 Å². The second kappa shape index (κ2) is 8.74. The molecule has 0 aliphatic heterocycles. The Morgan fingerprint density at radius 1 is 1.13 bits per heavy atom. The van der Waals surface area contributed by atoms with Crippen LogP contribution in [0.1, 0.15) is 25.7 Å². The number of hydrogen-bond acceptors (Lipinski definition) is 5. The van der Waals surface area contributed by atoms with Crippen molar-refractivity contribution in [3.63, 3.8) is 0 Å². The summed E-state index contributed by atoms with van der Waals surface area (Å²) in [6, 6.07) is 5.72. The van der Waals surface area contributed by atoms with Crippen molar-refractivity contribution in [2.45, 2.75) is 31.3 Å². The molecular weight excluding hydrogens is 489 g/mol. The molecule has 7 nitrogen and oxygen atoms in total. The van der Waals surface area contributed by atoms with Gasteiger partial charge in [-0.3, -0.25) is 4.57 Å². The SMILES string of the molecule is CCn1c(Oc2ccc(F)cc2)nnc1[C@@H](C)NS(=O)(=O)c1c(F)cc(F)cc1Br. The maximum Gasteiger partial charge on any atom is 0.322 e. The fourth-order valence-electron chi connectivity index (χ4n) is 2.73. The van der Waals surface area contributed by atoms with Crippen LogP contribution < -0.4 is 9.46 Å². The van der Waals surface area contributed by atoms with E-state index < -0.39 is 38.4 Å². The van der Waals surface area contributed by atoms with Gasteiger partial charge in [0.2, 0.25) is 10.0 Å². The monoisotopic (exact) mass is 504 g/mol. The van der Waals surface area contributed by atoms with Crippen molar-refractivity contribution in [2.24, 2.45) is 0 Å². The fourth-order valence-corrected chi connectivity index (χ4v) is 5.10. The highest BCUT2D eigenvalue weighted by Gasteiger charge is 2.28. The van der Waals surface area contributed by atoms with Crippen LogP contribution in [0.25, 0.3) is 0 Å². The van der Waals surface area contributed by atoms with Crippen molar-refractivity contribution in [1.82, 2.24) is 19.5 Å². The molecule has 30 heavy (non-hydrogen) atoms. The molecule has 0 unspecified atom stereocenters. The molecule has 12 heteroatoms. The van der Waals surface area contributed by atoms with Crippen LogP contribution in [-0.2, 0) is 16.6 Å². The minimum atomic E-state index is -4.37. The Bertz CT molecular complexity index is 1150. The number of nitrogens with one attached hydrogen (secondary N) is 1. The van der Waals surface area contributed by atoms with Crippen LogP contribution in [0.4, 0.5) is 13.2 Å². The molecule has 0 bridgehead atoms. The van der Waals surface area contributed by atoms with Crippen LogP contribution in [-0.4, -0.2) is 23.2 Å². The first-order chi connectivity index (χ1) is 14.1. The molecule has 1 N–H and O–H groups in total. The zero-order valence-corrected chi connectivity index (χ0v) is 18.1. The molecule has 1 heterocycles. The molecule has 3 rings (SSSR count). The molecule has 0 fully saturated rings. The van der Waals surface area contributed by atoms with E-state index in [0.29, 0.717) is 18.4 Å². The fraction of sp³-hybridized carbons (Fsp3) is 0.222. The number of ether oxygens (including phenoxy) is 1. The van der Waals surface area contributed by atoms with Gasteiger partial charge in [-0.1, -0.05) is 5.10 Å². The third-order valence-electron chi connectivity index (χ3n) is 4.04. The Labute approximate surface area is 179 Å². The molecule has 0 saturated carbocycles. The quantitative estimate of drug-likeness (QED) is 0.518. The number of sulfonamides is 1. The number of halogens is 4. The zero-order valence-electron chi connectivity index (χ0n) is 15.7. The second-order valence-corrected chi connectivity index (χ2v) is 8.69. The maximum atomic E-state index is 14.1. The van der Waals surface area contributed by atoms with Gasteiger partial charge < -0.3 is 4.74 Å². The van der Waals surface area contributed by atoms with Crippen LogP contribution in [0, 0.1) is 17.5 Å². The Kier molecular flexibility index (Phi) is 6.48. The lowest BCUT2D eigenvalue weighted by Crippen LogP contribution is -2.30. The molecule has 0 aliphatic rings. The van der Waals surface area contributed by atoms with Gasteiger partial charge in [0.05, 0.1) is 6.04 Å². The van der Waals surface area contributed by atoms with E-state index in [9.17, 15) is 21.6 Å². The normalized spacial score (nSPS) is 12.7. The Morgan fingerprint density at radius 3 is 2.40 bits per heavy atom. The van der Waals surface area contributed by atoms with Crippen LogP contribution in [0.2, 0.25) is 0 Å². The summed E-state index contributed by atoms with van der Waals surface area (Å²) < 4.78 is 74.9. The topological polar surface area (TPSA) is 86.1 Å². The van der Waals surface area contributed by atoms with Crippen LogP contribution in [0.15, 0.2) is 45.8 Å². The molecule has 0 saturated heterocycles. The third-order valence-corrected chi connectivity index (χ3v) is 6.54. The standard InChI is InChI=1S/C18H16BrF3N4O3S/c1-3-26-17(23-24-18(26)29-13-6-4-11(20)5-7-13)10(2)25-30(27,28)16-14(19)8-12(21)9-15(16)22/h4-10,25H,3H2,1-2H3/t10-/m1/s1. The zero-order chi connectivity index (χ0) is 22.1. The highest BCUT2D eigenvalue weighted by Crippen LogP contribution is 2.28. The predicted octanol–water partition coefficient (Wildman–Crippen LogP) is 4.31. The van der Waals surface area contributed by atoms with Gasteiger partial charge in [0.1, 0.15) is 28.1 Å². The smallest absolute Gasteiger partial charge is 0.322 e. The van der Waals surface area contributed by atoms with E-state index in [1.165, 1.54) is 35.8 Å². The number of hydrogen-bond donors (Lipinski definition) is 1. The predicted molar refractivity (Wildman–Crippen MR) is 105 cm³/mol. The van der Waals surface area contributed by atoms with Gasteiger partial charge in [0.15, 0.2) is 5.82 Å². The van der Waals surface area contributed by atoms with Crippen LogP contribution >= 0.6 is 15.9 Å². The largest absolute Gasteiger partial charge is 0.424 e. The summed E-state index contributed by atoms with van der Waals surface area (Å²) in [5.74, 6) is -2.06. The number of aromatic nitrogens is 3. The molecular formula is C18H16BrF3N4O3S. The molecule has 0 radical (unpaired) electrons. The highest BCUT2D eigenvalue weighted by atomic mass is 79.9. The summed E-state index contributed by atoms with van der Waals surface area (Å²) in [5, 5.41) is 7.86. The minimum absolute atomic E-state index is 0.0688. The average Bonchev–Trinajstić information content (AvgIpc) is 3.04. The molecule has 1 atom stereocenters. The number of rotatable bonds is 7. The highest BCUT2D eigenvalue weighted by molar-refractivity contribution is 9.10. The van der Waals surface area contributed by atoms with Gasteiger partial charge in [0, 0.05) is 17.1 Å². The van der Waals surface area contributed by atoms with E-state index in [2.05, 4.69) is 30.8 Å². The van der Waals surface area contributed by atoms with E-state index in [4.69, 9.17) is 4.74 Å². The molecule has 160 valence electrons. The summed E-state index contributed by atoms with van der Waals surface area (Å²) in [4.78, 5) is -0.721. The van der Waals surface area contributed by atoms with Crippen LogP contribution in [0.3, 0.4) is 0 Å². The van der Waals surface area contributed by atoms with E-state index in [1.54, 1.807) is 6.92 Å². The lowest BCUT2D eigenvalue weighted by atomic mass is 10.3. The molecule has 1 aromatic heterocycles. The van der Waals surface area contributed by atoms with Gasteiger partial charge in [-0.25, -0.2) is 26.3 Å². The average molecular weight is 505 g/mol. The molecule has 0 spiro atoms. The molecule has 3 aromatic rings. The summed E-state index contributed by atoms with van der Waals surface area (Å²) in [6.07, 6.45) is 0. The minimum Gasteiger partial charge on any atom is -0.424 e. The summed E-state index contributed by atoms with van der Waals surface area (Å²) in [6.45, 7) is 3.59. The van der Waals surface area contributed by atoms with Gasteiger partial charge in [-0.2, -0.15) is 0 Å². The van der Waals surface area contributed by atoms with E-state index in [-0.39, 0.29) is 16.3 Å². The first-order valence-electron chi connectivity index (χ1n) is 8.65. The van der Waals surface area contributed by atoms with Gasteiger partial charge in [-0.05, 0) is 60.1 Å². The molecule has 0 amide bonds. The Morgan fingerprint density at radius 2 is 1.80 bits per heavy atom. The van der Waals surface area contributed by atoms with Gasteiger partial charge in [-0.15, -0.1) is 5.10 Å². The summed E-state index contributed by atoms with van der Waals surface area (Å²) >= 11 is 2.88. The van der Waals surface area contributed by atoms with Gasteiger partial charge in [0.25, 0.3) is 0 Å². The lowest BCUT2D eigenvalue weighted by Gasteiger charge is -2.16. The first-order valence-corrected chi connectivity index (χ1v) is 10.9. The Hall–Kier alpha value is -2.44. The van der Waals surface area contributed by atoms with Crippen LogP contribution in [0.5, 0.6) is 11.8 Å². The van der Waals surface area contributed by atoms with Crippen molar-refractivity contribution in [2.75, 3.05) is 0 Å². The van der Waals surface area contributed by atoms with E-state index in [1.807, 2.05) is 0 Å².